The Morgan fingerprint density at radius 3 is 2.96 bits per heavy atom. The van der Waals surface area contributed by atoms with Crippen molar-refractivity contribution in [2.75, 3.05) is 5.32 Å². The zero-order chi connectivity index (χ0) is 17.8. The molecule has 5 fully saturated rings. The monoisotopic (exact) mass is 352 g/mol. The maximum absolute atomic E-state index is 12.1. The van der Waals surface area contributed by atoms with E-state index in [4.69, 9.17) is 4.74 Å². The Morgan fingerprint density at radius 1 is 1.38 bits per heavy atom. The number of hydrogen-bond acceptors (Lipinski definition) is 5. The summed E-state index contributed by atoms with van der Waals surface area (Å²) in [5.41, 5.74) is 3.41. The maximum Gasteiger partial charge on any atom is 0.302 e. The summed E-state index contributed by atoms with van der Waals surface area (Å²) >= 11 is 0. The number of rotatable bonds is 1. The molecule has 1 saturated carbocycles. The highest BCUT2D eigenvalue weighted by Gasteiger charge is 2.76. The molecule has 5 aliphatic heterocycles. The summed E-state index contributed by atoms with van der Waals surface area (Å²) in [5.74, 6) is 0.373. The Balaban J connectivity index is 1.59. The molecule has 3 unspecified atom stereocenters. The molecule has 4 saturated heterocycles. The van der Waals surface area contributed by atoms with Crippen LogP contribution in [0.15, 0.2) is 35.9 Å². The van der Waals surface area contributed by atoms with Crippen molar-refractivity contribution in [3.05, 3.63) is 41.5 Å². The first-order valence-corrected chi connectivity index (χ1v) is 9.73. The third kappa shape index (κ3) is 1.47. The van der Waals surface area contributed by atoms with Gasteiger partial charge in [-0.1, -0.05) is 24.3 Å². The van der Waals surface area contributed by atoms with Gasteiger partial charge in [0, 0.05) is 30.6 Å². The van der Waals surface area contributed by atoms with Gasteiger partial charge in [-0.2, -0.15) is 0 Å². The second-order valence-electron chi connectivity index (χ2n) is 8.61. The topological polar surface area (TPSA) is 61.8 Å². The molecule has 9 atom stereocenters. The molecule has 0 amide bonds. The number of nitrogens with one attached hydrogen (secondary N) is 1. The van der Waals surface area contributed by atoms with Crippen LogP contribution in [0.5, 0.6) is 0 Å². The number of fused-ring (bicyclic) bond motifs is 2. The van der Waals surface area contributed by atoms with E-state index in [1.807, 2.05) is 6.92 Å². The number of nitrogens with zero attached hydrogens (tertiary/aromatic N) is 1. The summed E-state index contributed by atoms with van der Waals surface area (Å²) in [6, 6.07) is 9.24. The van der Waals surface area contributed by atoms with Gasteiger partial charge in [-0.3, -0.25) is 9.69 Å². The Kier molecular flexibility index (Phi) is 2.75. The smallest absolute Gasteiger partial charge is 0.302 e. The summed E-state index contributed by atoms with van der Waals surface area (Å²) < 4.78 is 6.08. The number of esters is 1. The molecule has 5 bridgehead atoms. The average Bonchev–Trinajstić information content (AvgIpc) is 3.08. The lowest BCUT2D eigenvalue weighted by Gasteiger charge is -2.59. The number of para-hydroxylation sites is 1. The summed E-state index contributed by atoms with van der Waals surface area (Å²) in [5, 5.41) is 14.8. The largest absolute Gasteiger partial charge is 0.461 e. The number of benzene rings is 1. The Hall–Kier alpha value is -1.85. The van der Waals surface area contributed by atoms with Gasteiger partial charge in [0.15, 0.2) is 0 Å². The van der Waals surface area contributed by atoms with Crippen molar-refractivity contribution in [3.8, 4) is 0 Å². The number of aliphatic hydroxyl groups is 1. The van der Waals surface area contributed by atoms with Gasteiger partial charge in [0.25, 0.3) is 0 Å². The SMILES string of the molecule is C/C=C1/[C@@H](O)N2[C@H]3CC45c6ccccc6N[C@H]4[C@@H]2C[C@@H]1C3[C@H]5OC(C)=O. The van der Waals surface area contributed by atoms with E-state index in [1.54, 1.807) is 0 Å². The number of piperidine rings is 4. The average molecular weight is 352 g/mol. The highest BCUT2D eigenvalue weighted by atomic mass is 16.5. The van der Waals surface area contributed by atoms with Crippen LogP contribution in [0.2, 0.25) is 0 Å². The van der Waals surface area contributed by atoms with E-state index in [0.29, 0.717) is 5.92 Å². The van der Waals surface area contributed by atoms with Crippen molar-refractivity contribution in [1.29, 1.82) is 0 Å². The fourth-order valence-corrected chi connectivity index (χ4v) is 7.32. The van der Waals surface area contributed by atoms with Crippen molar-refractivity contribution < 1.29 is 14.6 Å². The van der Waals surface area contributed by atoms with Gasteiger partial charge in [-0.25, -0.2) is 0 Å². The minimum absolute atomic E-state index is 0.131. The first-order valence-electron chi connectivity index (χ1n) is 9.73. The predicted molar refractivity (Wildman–Crippen MR) is 96.5 cm³/mol. The van der Waals surface area contributed by atoms with Gasteiger partial charge in [0.1, 0.15) is 12.3 Å². The molecule has 5 heterocycles. The van der Waals surface area contributed by atoms with Crippen LogP contribution < -0.4 is 5.32 Å². The van der Waals surface area contributed by atoms with E-state index >= 15 is 0 Å². The van der Waals surface area contributed by atoms with Crippen LogP contribution in [0.3, 0.4) is 0 Å². The highest BCUT2D eigenvalue weighted by molar-refractivity contribution is 5.69. The van der Waals surface area contributed by atoms with Gasteiger partial charge < -0.3 is 15.2 Å². The molecule has 0 aromatic heterocycles. The van der Waals surface area contributed by atoms with E-state index in [1.165, 1.54) is 18.2 Å². The summed E-state index contributed by atoms with van der Waals surface area (Å²) in [6.07, 6.45) is 3.43. The highest BCUT2D eigenvalue weighted by Crippen LogP contribution is 2.68. The van der Waals surface area contributed by atoms with Gasteiger partial charge >= 0.3 is 5.97 Å². The predicted octanol–water partition coefficient (Wildman–Crippen LogP) is 2.02. The summed E-state index contributed by atoms with van der Waals surface area (Å²) in [7, 11) is 0. The summed E-state index contributed by atoms with van der Waals surface area (Å²) in [6.45, 7) is 3.54. The number of anilines is 1. The van der Waals surface area contributed by atoms with Gasteiger partial charge in [0.2, 0.25) is 0 Å². The number of allylic oxidation sites excluding steroid dienone is 1. The molecule has 0 radical (unpaired) electrons. The van der Waals surface area contributed by atoms with E-state index < -0.39 is 6.23 Å². The van der Waals surface area contributed by atoms with E-state index in [-0.39, 0.29) is 41.5 Å². The van der Waals surface area contributed by atoms with Crippen LogP contribution in [0.25, 0.3) is 0 Å². The number of hydrogen-bond donors (Lipinski definition) is 2. The van der Waals surface area contributed by atoms with Crippen LogP contribution in [-0.2, 0) is 14.9 Å². The van der Waals surface area contributed by atoms with Crippen molar-refractivity contribution in [1.82, 2.24) is 4.90 Å². The zero-order valence-corrected chi connectivity index (χ0v) is 15.1. The first kappa shape index (κ1) is 15.2. The minimum Gasteiger partial charge on any atom is -0.461 e. The molecule has 5 heteroatoms. The van der Waals surface area contributed by atoms with Crippen molar-refractivity contribution >= 4 is 11.7 Å². The van der Waals surface area contributed by atoms with E-state index in [2.05, 4.69) is 40.6 Å². The Labute approximate surface area is 153 Å². The minimum atomic E-state index is -0.496. The second kappa shape index (κ2) is 4.70. The molecule has 7 rings (SSSR count). The molecule has 1 aliphatic carbocycles. The maximum atomic E-state index is 12.1. The molecule has 1 aromatic rings. The fourth-order valence-electron chi connectivity index (χ4n) is 7.32. The third-order valence-electron chi connectivity index (χ3n) is 7.89. The lowest BCUT2D eigenvalue weighted by molar-refractivity contribution is -0.156. The zero-order valence-electron chi connectivity index (χ0n) is 15.1. The fraction of sp³-hybridized carbons (Fsp3) is 0.571. The molecule has 136 valence electrons. The number of carbonyl (C=O) groups is 1. The van der Waals surface area contributed by atoms with Crippen LogP contribution in [0, 0.1) is 11.8 Å². The molecule has 1 spiro atoms. The Morgan fingerprint density at radius 2 is 2.19 bits per heavy atom. The number of aliphatic hydroxyl groups excluding tert-OH is 1. The van der Waals surface area contributed by atoms with E-state index in [9.17, 15) is 9.90 Å². The van der Waals surface area contributed by atoms with E-state index in [0.717, 1.165) is 18.4 Å². The molecule has 26 heavy (non-hydrogen) atoms. The standard InChI is InChI=1S/C21H24N2O3/c1-3-11-12-8-15-18-21(13-6-4-5-7-14(13)22-18)9-16(23(15)20(11)25)17(12)19(21)26-10(2)24/h3-7,12,15-20,22,25H,8-9H2,1-2H3/b11-3+/t12-,15-,16-,17?,18-,19+,20+,21?/m0/s1. The van der Waals surface area contributed by atoms with Crippen LogP contribution >= 0.6 is 0 Å². The molecule has 2 N–H and O–H groups in total. The molecule has 6 aliphatic rings. The van der Waals surface area contributed by atoms with Gasteiger partial charge in [-0.05, 0) is 42.9 Å². The van der Waals surface area contributed by atoms with Crippen LogP contribution in [0.1, 0.15) is 32.3 Å². The summed E-state index contributed by atoms with van der Waals surface area (Å²) in [4.78, 5) is 14.4. The van der Waals surface area contributed by atoms with Crippen LogP contribution in [0.4, 0.5) is 5.69 Å². The van der Waals surface area contributed by atoms with Crippen molar-refractivity contribution in [3.63, 3.8) is 0 Å². The molecular formula is C21H24N2O3. The molecule has 1 aromatic carbocycles. The lowest BCUT2D eigenvalue weighted by Crippen LogP contribution is -2.70. The molecular weight excluding hydrogens is 328 g/mol. The number of carbonyl (C=O) groups excluding carboxylic acids is 1. The Bertz CT molecular complexity index is 851. The number of ether oxygens (including phenoxy) is 1. The quantitative estimate of drug-likeness (QED) is 0.598. The van der Waals surface area contributed by atoms with Gasteiger partial charge in [0.05, 0.1) is 11.5 Å². The lowest BCUT2D eigenvalue weighted by atomic mass is 9.65. The first-order chi connectivity index (χ1) is 12.6. The van der Waals surface area contributed by atoms with Crippen molar-refractivity contribution in [2.45, 2.75) is 62.6 Å². The van der Waals surface area contributed by atoms with Crippen LogP contribution in [-0.4, -0.2) is 46.4 Å². The third-order valence-corrected chi connectivity index (χ3v) is 7.89. The normalized spacial score (nSPS) is 50.5. The molecule has 5 nitrogen and oxygen atoms in total. The second-order valence-corrected chi connectivity index (χ2v) is 8.61. The van der Waals surface area contributed by atoms with Gasteiger partial charge in [-0.15, -0.1) is 0 Å². The van der Waals surface area contributed by atoms with Crippen molar-refractivity contribution in [2.24, 2.45) is 11.8 Å².